The van der Waals surface area contributed by atoms with Crippen LogP contribution in [0.15, 0.2) is 11.6 Å². The van der Waals surface area contributed by atoms with Crippen LogP contribution in [-0.4, -0.2) is 22.4 Å². The third-order valence-corrected chi connectivity index (χ3v) is 9.90. The zero-order chi connectivity index (χ0) is 20.1. The van der Waals surface area contributed by atoms with E-state index in [1.54, 1.807) is 5.57 Å². The van der Waals surface area contributed by atoms with Gasteiger partial charge >= 0.3 is 0 Å². The summed E-state index contributed by atoms with van der Waals surface area (Å²) in [6, 6.07) is 0. The first-order chi connectivity index (χ1) is 13.3. The predicted molar refractivity (Wildman–Crippen MR) is 116 cm³/mol. The molecule has 160 valence electrons. The Bertz CT molecular complexity index is 595. The average molecular weight is 389 g/mol. The number of fused-ring (bicyclic) bond motifs is 5. The molecule has 3 fully saturated rings. The van der Waals surface area contributed by atoms with Crippen LogP contribution in [0.1, 0.15) is 98.3 Å². The minimum atomic E-state index is -0.110. The van der Waals surface area contributed by atoms with Crippen LogP contribution in [0, 0.1) is 40.4 Å². The highest BCUT2D eigenvalue weighted by molar-refractivity contribution is 5.25. The van der Waals surface area contributed by atoms with Gasteiger partial charge in [-0.2, -0.15) is 0 Å². The number of aliphatic hydroxyl groups excluding tert-OH is 2. The summed E-state index contributed by atoms with van der Waals surface area (Å²) in [6.07, 6.45) is 15.2. The molecule has 0 spiro atoms. The molecule has 0 unspecified atom stereocenters. The molecule has 28 heavy (non-hydrogen) atoms. The smallest absolute Gasteiger partial charge is 0.0577 e. The predicted octanol–water partition coefficient (Wildman–Crippen LogP) is 6.11. The topological polar surface area (TPSA) is 40.5 Å². The van der Waals surface area contributed by atoms with Crippen molar-refractivity contribution in [2.75, 3.05) is 0 Å². The number of rotatable bonds is 5. The highest BCUT2D eigenvalue weighted by Crippen LogP contribution is 2.66. The average Bonchev–Trinajstić information content (AvgIpc) is 2.99. The van der Waals surface area contributed by atoms with Gasteiger partial charge in [-0.25, -0.2) is 0 Å². The summed E-state index contributed by atoms with van der Waals surface area (Å²) in [5, 5.41) is 21.3. The van der Waals surface area contributed by atoms with Gasteiger partial charge < -0.3 is 10.2 Å². The molecule has 0 amide bonds. The van der Waals surface area contributed by atoms with E-state index in [1.165, 1.54) is 51.4 Å². The molecule has 2 N–H and O–H groups in total. The molecule has 0 heterocycles. The van der Waals surface area contributed by atoms with Gasteiger partial charge in [0.05, 0.1) is 12.2 Å². The van der Waals surface area contributed by atoms with Crippen molar-refractivity contribution in [3.05, 3.63) is 11.6 Å². The molecule has 0 aliphatic heterocycles. The second kappa shape index (κ2) is 7.73. The highest BCUT2D eigenvalue weighted by atomic mass is 16.3. The van der Waals surface area contributed by atoms with E-state index in [0.717, 1.165) is 42.9 Å². The van der Waals surface area contributed by atoms with Gasteiger partial charge in [-0.1, -0.05) is 52.2 Å². The fourth-order valence-corrected chi connectivity index (χ4v) is 8.25. The van der Waals surface area contributed by atoms with Gasteiger partial charge in [-0.3, -0.25) is 0 Å². The molecule has 2 nitrogen and oxygen atoms in total. The number of allylic oxidation sites excluding steroid dienone is 1. The fourth-order valence-electron chi connectivity index (χ4n) is 8.25. The lowest BCUT2D eigenvalue weighted by atomic mass is 9.47. The maximum atomic E-state index is 11.1. The minimum absolute atomic E-state index is 0.0968. The Hall–Kier alpha value is -0.340. The molecule has 4 aliphatic carbocycles. The lowest BCUT2D eigenvalue weighted by Crippen LogP contribution is -2.51. The van der Waals surface area contributed by atoms with Gasteiger partial charge in [0.25, 0.3) is 0 Å². The quantitative estimate of drug-likeness (QED) is 0.558. The Labute approximate surface area is 173 Å². The van der Waals surface area contributed by atoms with E-state index in [0.29, 0.717) is 16.7 Å². The summed E-state index contributed by atoms with van der Waals surface area (Å²) in [6.45, 7) is 9.62. The maximum absolute atomic E-state index is 11.1. The maximum Gasteiger partial charge on any atom is 0.0577 e. The lowest BCUT2D eigenvalue weighted by Gasteiger charge is -2.58. The van der Waals surface area contributed by atoms with Crippen LogP contribution in [0.2, 0.25) is 0 Å². The third-order valence-electron chi connectivity index (χ3n) is 9.90. The first kappa shape index (κ1) is 20.9. The van der Waals surface area contributed by atoms with E-state index in [9.17, 15) is 10.2 Å². The van der Waals surface area contributed by atoms with Crippen LogP contribution in [0.4, 0.5) is 0 Å². The van der Waals surface area contributed by atoms with Crippen LogP contribution in [0.25, 0.3) is 0 Å². The summed E-state index contributed by atoms with van der Waals surface area (Å²) in [4.78, 5) is 0. The standard InChI is InChI=1S/C26H44O2/c1-17(2)6-5-7-24(28)23-11-10-21-20-9-8-18-16-19(27)12-14-25(18,3)22(20)13-15-26(21,23)4/h8,17,19-24,27-28H,5-7,9-16H2,1-4H3/t19-,20+,21+,22+,23-,24-,25+,26+/m1/s1. The molecule has 2 heteroatoms. The minimum Gasteiger partial charge on any atom is -0.393 e. The molecule has 8 atom stereocenters. The highest BCUT2D eigenvalue weighted by Gasteiger charge is 2.59. The summed E-state index contributed by atoms with van der Waals surface area (Å²) in [5.41, 5.74) is 2.24. The van der Waals surface area contributed by atoms with Crippen molar-refractivity contribution in [1.29, 1.82) is 0 Å². The van der Waals surface area contributed by atoms with Crippen molar-refractivity contribution in [2.24, 2.45) is 40.4 Å². The van der Waals surface area contributed by atoms with E-state index < -0.39 is 0 Å². The first-order valence-electron chi connectivity index (χ1n) is 12.3. The summed E-state index contributed by atoms with van der Waals surface area (Å²) < 4.78 is 0. The lowest BCUT2D eigenvalue weighted by molar-refractivity contribution is -0.0717. The van der Waals surface area contributed by atoms with Crippen LogP contribution in [0.5, 0.6) is 0 Å². The first-order valence-corrected chi connectivity index (χ1v) is 12.3. The van der Waals surface area contributed by atoms with Crippen molar-refractivity contribution in [3.8, 4) is 0 Å². The molecule has 0 aromatic heterocycles. The Morgan fingerprint density at radius 2 is 1.82 bits per heavy atom. The van der Waals surface area contributed by atoms with E-state index in [-0.39, 0.29) is 12.2 Å². The molecule has 4 aliphatic rings. The van der Waals surface area contributed by atoms with E-state index in [1.807, 2.05) is 0 Å². The van der Waals surface area contributed by atoms with E-state index in [4.69, 9.17) is 0 Å². The molecule has 0 bridgehead atoms. The molecular formula is C26H44O2. The molecule has 0 aromatic carbocycles. The van der Waals surface area contributed by atoms with Gasteiger partial charge in [0.2, 0.25) is 0 Å². The van der Waals surface area contributed by atoms with Crippen LogP contribution < -0.4 is 0 Å². The molecule has 4 rings (SSSR count). The van der Waals surface area contributed by atoms with Crippen molar-refractivity contribution >= 4 is 0 Å². The normalized spacial score (nSPS) is 46.5. The van der Waals surface area contributed by atoms with Gasteiger partial charge in [0.15, 0.2) is 0 Å². The van der Waals surface area contributed by atoms with Gasteiger partial charge in [-0.15, -0.1) is 0 Å². The van der Waals surface area contributed by atoms with Crippen LogP contribution in [-0.2, 0) is 0 Å². The van der Waals surface area contributed by atoms with Crippen molar-refractivity contribution in [2.45, 2.75) is 111 Å². The molecular weight excluding hydrogens is 344 g/mol. The SMILES string of the molecule is CC(C)CCC[C@@H](O)[C@H]1CC[C@H]2[C@@H]3CC=C4C[C@H](O)CC[C@]4(C)[C@H]3CC[C@]12C. The molecule has 0 radical (unpaired) electrons. The van der Waals surface area contributed by atoms with E-state index >= 15 is 0 Å². The Morgan fingerprint density at radius 1 is 1.04 bits per heavy atom. The van der Waals surface area contributed by atoms with Crippen LogP contribution >= 0.6 is 0 Å². The third kappa shape index (κ3) is 3.41. The summed E-state index contributed by atoms with van der Waals surface area (Å²) in [7, 11) is 0. The Morgan fingerprint density at radius 3 is 2.57 bits per heavy atom. The van der Waals surface area contributed by atoms with Crippen LogP contribution in [0.3, 0.4) is 0 Å². The monoisotopic (exact) mass is 388 g/mol. The van der Waals surface area contributed by atoms with Gasteiger partial charge in [0.1, 0.15) is 0 Å². The Kier molecular flexibility index (Phi) is 5.77. The number of hydrogen-bond donors (Lipinski definition) is 2. The zero-order valence-electron chi connectivity index (χ0n) is 18.8. The van der Waals surface area contributed by atoms with Crippen molar-refractivity contribution in [3.63, 3.8) is 0 Å². The van der Waals surface area contributed by atoms with Crippen molar-refractivity contribution < 1.29 is 10.2 Å². The largest absolute Gasteiger partial charge is 0.393 e. The summed E-state index contributed by atoms with van der Waals surface area (Å²) in [5.74, 6) is 3.65. The number of hydrogen-bond acceptors (Lipinski definition) is 2. The van der Waals surface area contributed by atoms with Gasteiger partial charge in [0, 0.05) is 0 Å². The van der Waals surface area contributed by atoms with E-state index in [2.05, 4.69) is 33.8 Å². The Balaban J connectivity index is 1.49. The summed E-state index contributed by atoms with van der Waals surface area (Å²) >= 11 is 0. The molecule has 0 aromatic rings. The van der Waals surface area contributed by atoms with Crippen molar-refractivity contribution in [1.82, 2.24) is 0 Å². The molecule has 3 saturated carbocycles. The van der Waals surface area contributed by atoms with Gasteiger partial charge in [-0.05, 0) is 98.2 Å². The second-order valence-corrected chi connectivity index (χ2v) is 11.8. The molecule has 0 saturated heterocycles. The fraction of sp³-hybridized carbons (Fsp3) is 0.923. The number of aliphatic hydroxyl groups is 2. The zero-order valence-corrected chi connectivity index (χ0v) is 18.8. The second-order valence-electron chi connectivity index (χ2n) is 11.8.